The second kappa shape index (κ2) is 7.51. The average Bonchev–Trinajstić information content (AvgIpc) is 3.08. The highest BCUT2D eigenvalue weighted by molar-refractivity contribution is 5.99. The predicted molar refractivity (Wildman–Crippen MR) is 80.3 cm³/mol. The van der Waals surface area contributed by atoms with Crippen molar-refractivity contribution < 1.29 is 23.4 Å². The number of furan rings is 1. The molecule has 1 amide bonds. The van der Waals surface area contributed by atoms with Gasteiger partial charge in [0.1, 0.15) is 28.9 Å². The quantitative estimate of drug-likeness (QED) is 0.850. The number of carbonyl (C=O) groups excluding carboxylic acids is 1. The van der Waals surface area contributed by atoms with Crippen LogP contribution in [0, 0.1) is 0 Å². The molecule has 0 radical (unpaired) electrons. The first-order valence-corrected chi connectivity index (χ1v) is 6.76. The van der Waals surface area contributed by atoms with Crippen LogP contribution in [0.15, 0.2) is 41.0 Å². The molecule has 22 heavy (non-hydrogen) atoms. The molecular formula is C16H19NO5. The van der Waals surface area contributed by atoms with Crippen molar-refractivity contribution in [3.05, 3.63) is 47.9 Å². The molecule has 2 rings (SSSR count). The molecule has 0 aliphatic rings. The van der Waals surface area contributed by atoms with Gasteiger partial charge in [0, 0.05) is 7.11 Å². The van der Waals surface area contributed by atoms with Gasteiger partial charge in [0.05, 0.1) is 27.0 Å². The Hall–Kier alpha value is -2.47. The molecule has 0 saturated heterocycles. The SMILES string of the molecule is COc1cccc(OC)c1C(=O)NCC(OC)c1ccco1. The lowest BCUT2D eigenvalue weighted by Gasteiger charge is -2.16. The summed E-state index contributed by atoms with van der Waals surface area (Å²) in [5.74, 6) is 1.24. The summed E-state index contributed by atoms with van der Waals surface area (Å²) in [4.78, 5) is 12.4. The second-order valence-electron chi connectivity index (χ2n) is 4.49. The highest BCUT2D eigenvalue weighted by atomic mass is 16.5. The Morgan fingerprint density at radius 1 is 1.14 bits per heavy atom. The summed E-state index contributed by atoms with van der Waals surface area (Å²) in [7, 11) is 4.57. The van der Waals surface area contributed by atoms with E-state index in [1.807, 2.05) is 0 Å². The number of hydrogen-bond donors (Lipinski definition) is 1. The minimum atomic E-state index is -0.361. The molecule has 1 heterocycles. The van der Waals surface area contributed by atoms with E-state index >= 15 is 0 Å². The van der Waals surface area contributed by atoms with Crippen molar-refractivity contribution in [1.29, 1.82) is 0 Å². The molecule has 2 aromatic rings. The topological polar surface area (TPSA) is 69.9 Å². The molecule has 1 unspecified atom stereocenters. The molecule has 118 valence electrons. The van der Waals surface area contributed by atoms with E-state index in [2.05, 4.69) is 5.32 Å². The molecule has 1 N–H and O–H groups in total. The molecule has 1 atom stereocenters. The van der Waals surface area contributed by atoms with Gasteiger partial charge in [-0.15, -0.1) is 0 Å². The van der Waals surface area contributed by atoms with Crippen LogP contribution in [0.2, 0.25) is 0 Å². The number of benzene rings is 1. The van der Waals surface area contributed by atoms with Gasteiger partial charge in [0.25, 0.3) is 5.91 Å². The Morgan fingerprint density at radius 3 is 2.32 bits per heavy atom. The maximum absolute atomic E-state index is 12.4. The predicted octanol–water partition coefficient (Wildman–Crippen LogP) is 2.41. The molecular weight excluding hydrogens is 286 g/mol. The molecule has 0 spiro atoms. The van der Waals surface area contributed by atoms with Crippen LogP contribution in [0.25, 0.3) is 0 Å². The van der Waals surface area contributed by atoms with Crippen LogP contribution >= 0.6 is 0 Å². The lowest BCUT2D eigenvalue weighted by molar-refractivity contribution is 0.0735. The van der Waals surface area contributed by atoms with Crippen LogP contribution in [0.5, 0.6) is 11.5 Å². The second-order valence-corrected chi connectivity index (χ2v) is 4.49. The zero-order valence-corrected chi connectivity index (χ0v) is 12.8. The number of hydrogen-bond acceptors (Lipinski definition) is 5. The van der Waals surface area contributed by atoms with Crippen molar-refractivity contribution in [2.24, 2.45) is 0 Å². The molecule has 0 aliphatic heterocycles. The van der Waals surface area contributed by atoms with E-state index in [0.29, 0.717) is 22.8 Å². The number of rotatable bonds is 7. The maximum atomic E-state index is 12.4. The third-order valence-electron chi connectivity index (χ3n) is 3.25. The highest BCUT2D eigenvalue weighted by Crippen LogP contribution is 2.28. The molecule has 6 nitrogen and oxygen atoms in total. The third kappa shape index (κ3) is 3.40. The van der Waals surface area contributed by atoms with Gasteiger partial charge in [-0.05, 0) is 24.3 Å². The van der Waals surface area contributed by atoms with E-state index in [-0.39, 0.29) is 18.6 Å². The largest absolute Gasteiger partial charge is 0.496 e. The van der Waals surface area contributed by atoms with Crippen molar-refractivity contribution in [2.45, 2.75) is 6.10 Å². The van der Waals surface area contributed by atoms with E-state index in [1.165, 1.54) is 14.2 Å². The van der Waals surface area contributed by atoms with Crippen molar-refractivity contribution in [2.75, 3.05) is 27.9 Å². The number of methoxy groups -OCH3 is 3. The van der Waals surface area contributed by atoms with Crippen LogP contribution < -0.4 is 14.8 Å². The molecule has 0 saturated carbocycles. The van der Waals surface area contributed by atoms with Gasteiger partial charge in [-0.3, -0.25) is 4.79 Å². The first kappa shape index (κ1) is 15.9. The fourth-order valence-electron chi connectivity index (χ4n) is 2.12. The lowest BCUT2D eigenvalue weighted by atomic mass is 10.1. The van der Waals surface area contributed by atoms with E-state index in [0.717, 1.165) is 0 Å². The minimum absolute atomic E-state index is 0.268. The lowest BCUT2D eigenvalue weighted by Crippen LogP contribution is -2.29. The Morgan fingerprint density at radius 2 is 1.82 bits per heavy atom. The highest BCUT2D eigenvalue weighted by Gasteiger charge is 2.20. The Kier molecular flexibility index (Phi) is 5.43. The third-order valence-corrected chi connectivity index (χ3v) is 3.25. The van der Waals surface area contributed by atoms with Gasteiger partial charge in [0.15, 0.2) is 0 Å². The molecule has 0 aliphatic carbocycles. The summed E-state index contributed by atoms with van der Waals surface area (Å²) in [5, 5.41) is 2.80. The van der Waals surface area contributed by atoms with Crippen LogP contribution in [0.4, 0.5) is 0 Å². The monoisotopic (exact) mass is 305 g/mol. The van der Waals surface area contributed by atoms with Crippen LogP contribution in [-0.4, -0.2) is 33.8 Å². The number of amides is 1. The fourth-order valence-corrected chi connectivity index (χ4v) is 2.12. The maximum Gasteiger partial charge on any atom is 0.258 e. The van der Waals surface area contributed by atoms with Crippen molar-refractivity contribution in [1.82, 2.24) is 5.32 Å². The first-order valence-electron chi connectivity index (χ1n) is 6.76. The zero-order chi connectivity index (χ0) is 15.9. The van der Waals surface area contributed by atoms with Crippen LogP contribution in [-0.2, 0) is 4.74 Å². The number of nitrogens with one attached hydrogen (secondary N) is 1. The summed E-state index contributed by atoms with van der Waals surface area (Å²) >= 11 is 0. The standard InChI is InChI=1S/C16H19NO5/c1-19-12-6-4-7-13(20-2)15(12)16(18)17-10-14(21-3)11-8-5-9-22-11/h4-9,14H,10H2,1-3H3,(H,17,18). The van der Waals surface area contributed by atoms with E-state index < -0.39 is 0 Å². The summed E-state index contributed by atoms with van der Waals surface area (Å²) in [5.41, 5.74) is 0.349. The van der Waals surface area contributed by atoms with Crippen LogP contribution in [0.1, 0.15) is 22.2 Å². The molecule has 1 aromatic heterocycles. The van der Waals surface area contributed by atoms with E-state index in [4.69, 9.17) is 18.6 Å². The van der Waals surface area contributed by atoms with Gasteiger partial charge in [-0.25, -0.2) is 0 Å². The molecule has 6 heteroatoms. The number of ether oxygens (including phenoxy) is 3. The first-order chi connectivity index (χ1) is 10.7. The van der Waals surface area contributed by atoms with Crippen molar-refractivity contribution in [3.8, 4) is 11.5 Å². The van der Waals surface area contributed by atoms with Crippen molar-refractivity contribution in [3.63, 3.8) is 0 Å². The molecule has 1 aromatic carbocycles. The fraction of sp³-hybridized carbons (Fsp3) is 0.312. The summed E-state index contributed by atoms with van der Waals surface area (Å²) in [6.07, 6.45) is 1.20. The Bertz CT molecular complexity index is 587. The Labute approximate surface area is 129 Å². The smallest absolute Gasteiger partial charge is 0.258 e. The zero-order valence-electron chi connectivity index (χ0n) is 12.8. The summed E-state index contributed by atoms with van der Waals surface area (Å²) in [6, 6.07) is 8.74. The summed E-state index contributed by atoms with van der Waals surface area (Å²) < 4.78 is 21.1. The minimum Gasteiger partial charge on any atom is -0.496 e. The van der Waals surface area contributed by atoms with Gasteiger partial charge in [0.2, 0.25) is 0 Å². The molecule has 0 bridgehead atoms. The summed E-state index contributed by atoms with van der Waals surface area (Å²) in [6.45, 7) is 0.268. The average molecular weight is 305 g/mol. The van der Waals surface area contributed by atoms with Gasteiger partial charge in [-0.2, -0.15) is 0 Å². The Balaban J connectivity index is 2.12. The van der Waals surface area contributed by atoms with Gasteiger partial charge >= 0.3 is 0 Å². The normalized spacial score (nSPS) is 11.8. The van der Waals surface area contributed by atoms with E-state index in [1.54, 1.807) is 43.7 Å². The number of carbonyl (C=O) groups is 1. The van der Waals surface area contributed by atoms with E-state index in [9.17, 15) is 4.79 Å². The van der Waals surface area contributed by atoms with Crippen LogP contribution in [0.3, 0.4) is 0 Å². The molecule has 0 fully saturated rings. The van der Waals surface area contributed by atoms with Crippen molar-refractivity contribution >= 4 is 5.91 Å². The van der Waals surface area contributed by atoms with Gasteiger partial charge < -0.3 is 23.9 Å². The van der Waals surface area contributed by atoms with Gasteiger partial charge in [-0.1, -0.05) is 6.07 Å².